The van der Waals surface area contributed by atoms with E-state index in [0.717, 1.165) is 5.39 Å². The Hall–Kier alpha value is -3.35. The van der Waals surface area contributed by atoms with Crippen molar-refractivity contribution in [1.82, 2.24) is 19.7 Å². The third-order valence-electron chi connectivity index (χ3n) is 3.91. The number of hydrogen-bond acceptors (Lipinski definition) is 5. The molecule has 0 amide bonds. The van der Waals surface area contributed by atoms with E-state index in [4.69, 9.17) is 9.47 Å². The summed E-state index contributed by atoms with van der Waals surface area (Å²) < 4.78 is 11.8. The van der Waals surface area contributed by atoms with E-state index < -0.39 is 0 Å². The predicted molar refractivity (Wildman–Crippen MR) is 90.1 cm³/mol. The normalized spacial score (nSPS) is 11.1. The summed E-state index contributed by atoms with van der Waals surface area (Å²) in [7, 11) is 3.14. The van der Waals surface area contributed by atoms with E-state index in [-0.39, 0.29) is 5.56 Å². The summed E-state index contributed by atoms with van der Waals surface area (Å²) in [4.78, 5) is 21.2. The van der Waals surface area contributed by atoms with Crippen LogP contribution in [0, 0.1) is 0 Å². The van der Waals surface area contributed by atoms with Gasteiger partial charge in [0.05, 0.1) is 36.3 Å². The summed E-state index contributed by atoms with van der Waals surface area (Å²) in [6.45, 7) is 0. The molecule has 7 nitrogen and oxygen atoms in total. The fraction of sp³-hybridized carbons (Fsp3) is 0.118. The molecule has 0 saturated heterocycles. The lowest BCUT2D eigenvalue weighted by molar-refractivity contribution is 0.398. The maximum atomic E-state index is 12.7. The number of fused-ring (bicyclic) bond motifs is 3. The zero-order valence-corrected chi connectivity index (χ0v) is 13.1. The monoisotopic (exact) mass is 322 g/mol. The largest absolute Gasteiger partial charge is 0.497 e. The number of nitrogens with one attached hydrogen (secondary N) is 1. The number of nitrogens with zero attached hydrogens (tertiary/aromatic N) is 3. The van der Waals surface area contributed by atoms with E-state index in [1.165, 1.54) is 4.68 Å². The molecule has 3 heterocycles. The van der Waals surface area contributed by atoms with Gasteiger partial charge in [-0.3, -0.25) is 14.9 Å². The Bertz CT molecular complexity index is 1110. The van der Waals surface area contributed by atoms with Crippen molar-refractivity contribution in [2.75, 3.05) is 14.2 Å². The minimum Gasteiger partial charge on any atom is -0.497 e. The second-order valence-corrected chi connectivity index (χ2v) is 5.24. The molecule has 120 valence electrons. The van der Waals surface area contributed by atoms with Gasteiger partial charge in [0.1, 0.15) is 5.75 Å². The summed E-state index contributed by atoms with van der Waals surface area (Å²) in [6.07, 6.45) is 3.21. The molecular weight excluding hydrogens is 308 g/mol. The molecule has 0 aliphatic heterocycles. The first-order chi connectivity index (χ1) is 11.7. The molecule has 0 bridgehead atoms. The standard InChI is InChI=1S/C17H14N4O3/c1-23-11-5-3-4-10(6-11)21-17(22)13-9-18-14-7-15(24-2)19-8-12(14)16(13)20-21/h3-9,20H,1-2H3. The minimum atomic E-state index is -0.177. The van der Waals surface area contributed by atoms with Crippen LogP contribution in [0.3, 0.4) is 0 Å². The topological polar surface area (TPSA) is 82.0 Å². The Morgan fingerprint density at radius 3 is 2.67 bits per heavy atom. The number of aromatic nitrogens is 4. The Morgan fingerprint density at radius 1 is 1.04 bits per heavy atom. The van der Waals surface area contributed by atoms with Gasteiger partial charge in [0.2, 0.25) is 5.88 Å². The number of pyridine rings is 2. The van der Waals surface area contributed by atoms with E-state index in [1.54, 1.807) is 38.7 Å². The van der Waals surface area contributed by atoms with Crippen LogP contribution in [0.5, 0.6) is 11.6 Å². The lowest BCUT2D eigenvalue weighted by Gasteiger charge is -2.04. The first kappa shape index (κ1) is 14.3. The highest BCUT2D eigenvalue weighted by molar-refractivity contribution is 6.02. The van der Waals surface area contributed by atoms with Crippen LogP contribution in [0.15, 0.2) is 47.5 Å². The van der Waals surface area contributed by atoms with Crippen LogP contribution < -0.4 is 15.0 Å². The third kappa shape index (κ3) is 2.10. The van der Waals surface area contributed by atoms with Crippen molar-refractivity contribution in [3.8, 4) is 17.3 Å². The SMILES string of the molecule is COc1cccc(-n2[nH]c3c(cnc4cc(OC)ncc43)c2=O)c1. The maximum absolute atomic E-state index is 12.7. The number of rotatable bonds is 3. The Kier molecular flexibility index (Phi) is 3.19. The van der Waals surface area contributed by atoms with Gasteiger partial charge in [0.15, 0.2) is 0 Å². The van der Waals surface area contributed by atoms with Crippen LogP contribution in [0.1, 0.15) is 0 Å². The van der Waals surface area contributed by atoms with Gasteiger partial charge >= 0.3 is 0 Å². The summed E-state index contributed by atoms with van der Waals surface area (Å²) in [5, 5.41) is 4.39. The Labute approximate surface area is 136 Å². The average Bonchev–Trinajstić information content (AvgIpc) is 2.98. The molecule has 1 N–H and O–H groups in total. The van der Waals surface area contributed by atoms with Gasteiger partial charge in [-0.05, 0) is 12.1 Å². The zero-order valence-electron chi connectivity index (χ0n) is 13.1. The van der Waals surface area contributed by atoms with Gasteiger partial charge < -0.3 is 9.47 Å². The van der Waals surface area contributed by atoms with E-state index in [9.17, 15) is 4.79 Å². The molecule has 4 rings (SSSR count). The molecule has 0 aliphatic rings. The van der Waals surface area contributed by atoms with Gasteiger partial charge in [0, 0.05) is 29.9 Å². The number of ether oxygens (including phenoxy) is 2. The van der Waals surface area contributed by atoms with Crippen LogP contribution in [0.2, 0.25) is 0 Å². The molecule has 24 heavy (non-hydrogen) atoms. The van der Waals surface area contributed by atoms with Gasteiger partial charge in [-0.2, -0.15) is 0 Å². The molecule has 0 radical (unpaired) electrons. The summed E-state index contributed by atoms with van der Waals surface area (Å²) in [6, 6.07) is 9.00. The molecular formula is C17H14N4O3. The minimum absolute atomic E-state index is 0.177. The molecule has 0 fully saturated rings. The van der Waals surface area contributed by atoms with Crippen molar-refractivity contribution in [3.63, 3.8) is 0 Å². The lowest BCUT2D eigenvalue weighted by atomic mass is 10.2. The van der Waals surface area contributed by atoms with Crippen molar-refractivity contribution in [2.24, 2.45) is 0 Å². The quantitative estimate of drug-likeness (QED) is 0.626. The van der Waals surface area contributed by atoms with Crippen LogP contribution >= 0.6 is 0 Å². The Morgan fingerprint density at radius 2 is 1.88 bits per heavy atom. The molecule has 0 unspecified atom stereocenters. The fourth-order valence-corrected chi connectivity index (χ4v) is 2.68. The molecule has 0 saturated carbocycles. The number of methoxy groups -OCH3 is 2. The number of hydrogen-bond donors (Lipinski definition) is 1. The second-order valence-electron chi connectivity index (χ2n) is 5.24. The first-order valence-corrected chi connectivity index (χ1v) is 7.29. The van der Waals surface area contributed by atoms with E-state index >= 15 is 0 Å². The molecule has 0 atom stereocenters. The molecule has 7 heteroatoms. The molecule has 0 spiro atoms. The number of benzene rings is 1. The highest BCUT2D eigenvalue weighted by Crippen LogP contribution is 2.23. The second kappa shape index (κ2) is 5.38. The summed E-state index contributed by atoms with van der Waals surface area (Å²) in [5.74, 6) is 1.15. The van der Waals surface area contributed by atoms with Gasteiger partial charge in [-0.25, -0.2) is 9.67 Å². The van der Waals surface area contributed by atoms with Crippen molar-refractivity contribution in [2.45, 2.75) is 0 Å². The van der Waals surface area contributed by atoms with Gasteiger partial charge in [-0.1, -0.05) is 6.07 Å². The molecule has 1 aromatic carbocycles. The van der Waals surface area contributed by atoms with Crippen molar-refractivity contribution in [3.05, 3.63) is 53.1 Å². The summed E-state index contributed by atoms with van der Waals surface area (Å²) >= 11 is 0. The fourth-order valence-electron chi connectivity index (χ4n) is 2.68. The maximum Gasteiger partial charge on any atom is 0.280 e. The third-order valence-corrected chi connectivity index (χ3v) is 3.91. The van der Waals surface area contributed by atoms with Crippen LogP contribution in [0.4, 0.5) is 0 Å². The predicted octanol–water partition coefficient (Wildman–Crippen LogP) is 2.28. The molecule has 0 aliphatic carbocycles. The van der Waals surface area contributed by atoms with Gasteiger partial charge in [-0.15, -0.1) is 0 Å². The van der Waals surface area contributed by atoms with Crippen LogP contribution in [-0.2, 0) is 0 Å². The van der Waals surface area contributed by atoms with Crippen LogP contribution in [-0.4, -0.2) is 34.0 Å². The van der Waals surface area contributed by atoms with Crippen molar-refractivity contribution < 1.29 is 9.47 Å². The lowest BCUT2D eigenvalue weighted by Crippen LogP contribution is -2.14. The highest BCUT2D eigenvalue weighted by atomic mass is 16.5. The van der Waals surface area contributed by atoms with E-state index in [0.29, 0.717) is 33.7 Å². The smallest absolute Gasteiger partial charge is 0.280 e. The van der Waals surface area contributed by atoms with Gasteiger partial charge in [0.25, 0.3) is 5.56 Å². The van der Waals surface area contributed by atoms with Crippen LogP contribution in [0.25, 0.3) is 27.5 Å². The van der Waals surface area contributed by atoms with E-state index in [2.05, 4.69) is 15.1 Å². The zero-order chi connectivity index (χ0) is 16.7. The number of aromatic amines is 1. The first-order valence-electron chi connectivity index (χ1n) is 7.29. The molecule has 3 aromatic heterocycles. The molecule has 4 aromatic rings. The summed E-state index contributed by atoms with van der Waals surface area (Å²) in [5.41, 5.74) is 1.89. The average molecular weight is 322 g/mol. The number of H-pyrrole nitrogens is 1. The van der Waals surface area contributed by atoms with E-state index in [1.807, 2.05) is 18.2 Å². The van der Waals surface area contributed by atoms with Crippen molar-refractivity contribution in [1.29, 1.82) is 0 Å². The Balaban J connectivity index is 1.99. The van der Waals surface area contributed by atoms with Crippen molar-refractivity contribution >= 4 is 21.8 Å². The highest BCUT2D eigenvalue weighted by Gasteiger charge is 2.13.